The summed E-state index contributed by atoms with van der Waals surface area (Å²) in [5.74, 6) is -0.192. The van der Waals surface area contributed by atoms with Gasteiger partial charge in [0, 0.05) is 6.42 Å². The highest BCUT2D eigenvalue weighted by Gasteiger charge is 2.44. The number of carbonyl (C=O) groups excluding carboxylic acids is 1. The van der Waals surface area contributed by atoms with E-state index in [4.69, 9.17) is 9.47 Å². The molecule has 0 aliphatic carbocycles. The van der Waals surface area contributed by atoms with Crippen molar-refractivity contribution < 1.29 is 39.8 Å². The number of unbranched alkanes of at least 4 members (excludes halogenated alkanes) is 29. The van der Waals surface area contributed by atoms with Crippen molar-refractivity contribution in [1.82, 2.24) is 5.32 Å². The monoisotopic (exact) mass is 1060 g/mol. The summed E-state index contributed by atoms with van der Waals surface area (Å²) in [5.41, 5.74) is 0. The third kappa shape index (κ3) is 44.0. The molecular weight excluding hydrogens is 947 g/mol. The van der Waals surface area contributed by atoms with Crippen LogP contribution in [0.1, 0.15) is 264 Å². The molecule has 6 N–H and O–H groups in total. The fourth-order valence-electron chi connectivity index (χ4n) is 9.45. The van der Waals surface area contributed by atoms with E-state index in [9.17, 15) is 30.3 Å². The molecule has 1 aliphatic heterocycles. The standard InChI is InChI=1S/C67H117NO8/c1-3-5-7-9-11-13-15-17-19-21-23-25-27-28-29-30-31-32-33-34-35-37-39-41-43-45-47-49-51-53-55-57-63(71)68-60(59-75-67-66(74)65(73)64(72)62(58-69)76-67)61(70)56-54-52-50-48-46-44-42-40-38-36-26-24-22-20-18-16-14-12-10-8-6-4-2/h5,7,11,13,17,19,23,25,28-29,38,40,46,48,54,56,60-62,64-67,69-70,72-74H,3-4,6,8-10,12,14-16,18,20-22,24,26-27,30-37,39,41-45,47,49-53,55,57-59H2,1-2H3,(H,68,71)/b7-5-,13-11-,19-17-,25-23-,29-28-,40-38+,48-46+,56-54+. The molecule has 0 aromatic heterocycles. The average Bonchev–Trinajstić information content (AvgIpc) is 3.42. The van der Waals surface area contributed by atoms with Gasteiger partial charge in [0.05, 0.1) is 25.4 Å². The molecule has 0 bridgehead atoms. The van der Waals surface area contributed by atoms with Gasteiger partial charge in [-0.1, -0.05) is 265 Å². The van der Waals surface area contributed by atoms with Crippen molar-refractivity contribution in [3.63, 3.8) is 0 Å². The minimum Gasteiger partial charge on any atom is -0.394 e. The second-order valence-corrected chi connectivity index (χ2v) is 21.4. The summed E-state index contributed by atoms with van der Waals surface area (Å²) in [6.45, 7) is 3.66. The van der Waals surface area contributed by atoms with E-state index in [1.165, 1.54) is 167 Å². The molecule has 9 heteroatoms. The maximum absolute atomic E-state index is 13.1. The van der Waals surface area contributed by atoms with Crippen molar-refractivity contribution in [2.75, 3.05) is 13.2 Å². The Balaban J connectivity index is 2.20. The van der Waals surface area contributed by atoms with Gasteiger partial charge in [0.1, 0.15) is 24.4 Å². The first-order valence-corrected chi connectivity index (χ1v) is 31.5. The van der Waals surface area contributed by atoms with Crippen molar-refractivity contribution >= 4 is 5.91 Å². The number of allylic oxidation sites excluding steroid dienone is 15. The lowest BCUT2D eigenvalue weighted by atomic mass is 9.99. The van der Waals surface area contributed by atoms with Gasteiger partial charge in [0.25, 0.3) is 0 Å². The molecule has 1 rings (SSSR count). The first-order chi connectivity index (χ1) is 37.3. The van der Waals surface area contributed by atoms with Crippen LogP contribution >= 0.6 is 0 Å². The van der Waals surface area contributed by atoms with Crippen molar-refractivity contribution in [3.8, 4) is 0 Å². The normalized spacial score (nSPS) is 19.5. The van der Waals surface area contributed by atoms with E-state index >= 15 is 0 Å². The highest BCUT2D eigenvalue weighted by atomic mass is 16.7. The van der Waals surface area contributed by atoms with Crippen LogP contribution in [-0.4, -0.2) is 87.5 Å². The zero-order valence-corrected chi connectivity index (χ0v) is 48.7. The van der Waals surface area contributed by atoms with Crippen LogP contribution in [0.15, 0.2) is 97.2 Å². The molecule has 1 fully saturated rings. The number of aliphatic hydroxyl groups excluding tert-OH is 5. The average molecular weight is 1060 g/mol. The number of ether oxygens (including phenoxy) is 2. The lowest BCUT2D eigenvalue weighted by Gasteiger charge is -2.40. The van der Waals surface area contributed by atoms with Crippen LogP contribution < -0.4 is 5.32 Å². The van der Waals surface area contributed by atoms with Crippen molar-refractivity contribution in [2.24, 2.45) is 0 Å². The molecule has 7 atom stereocenters. The Morgan fingerprint density at radius 1 is 0.461 bits per heavy atom. The Kier molecular flexibility index (Phi) is 51.9. The number of hydrogen-bond acceptors (Lipinski definition) is 8. The molecule has 9 nitrogen and oxygen atoms in total. The number of hydrogen-bond donors (Lipinski definition) is 6. The van der Waals surface area contributed by atoms with E-state index in [1.54, 1.807) is 6.08 Å². The fraction of sp³-hybridized carbons (Fsp3) is 0.746. The molecule has 76 heavy (non-hydrogen) atoms. The smallest absolute Gasteiger partial charge is 0.220 e. The van der Waals surface area contributed by atoms with Gasteiger partial charge in [-0.3, -0.25) is 4.79 Å². The summed E-state index contributed by atoms with van der Waals surface area (Å²) < 4.78 is 11.3. The van der Waals surface area contributed by atoms with Gasteiger partial charge in [-0.25, -0.2) is 0 Å². The first-order valence-electron chi connectivity index (χ1n) is 31.5. The SMILES string of the molecule is CC/C=C\C/C=C\C/C=C\C/C=C\C/C=C\CCCCCCCCCCCCCCCCCC(=O)NC(COC1OC(CO)C(O)C(O)C1O)C(O)/C=C/CC/C=C/CC/C=C/CCCCCCCCCCCCCC. The molecule has 7 unspecified atom stereocenters. The summed E-state index contributed by atoms with van der Waals surface area (Å²) in [5, 5.41) is 54.6. The van der Waals surface area contributed by atoms with Gasteiger partial charge < -0.3 is 40.3 Å². The number of amides is 1. The molecular formula is C67H117NO8. The Labute approximate surface area is 466 Å². The number of aliphatic hydroxyl groups is 5. The maximum Gasteiger partial charge on any atom is 0.220 e. The van der Waals surface area contributed by atoms with Crippen molar-refractivity contribution in [2.45, 2.75) is 307 Å². The molecule has 0 spiro atoms. The van der Waals surface area contributed by atoms with E-state index in [0.29, 0.717) is 6.42 Å². The predicted octanol–water partition coefficient (Wildman–Crippen LogP) is 16.4. The highest BCUT2D eigenvalue weighted by molar-refractivity contribution is 5.76. The Morgan fingerprint density at radius 2 is 0.829 bits per heavy atom. The summed E-state index contributed by atoms with van der Waals surface area (Å²) in [4.78, 5) is 13.1. The highest BCUT2D eigenvalue weighted by Crippen LogP contribution is 2.23. The summed E-state index contributed by atoms with van der Waals surface area (Å²) in [6, 6.07) is -0.834. The van der Waals surface area contributed by atoms with Crippen molar-refractivity contribution in [1.29, 1.82) is 0 Å². The van der Waals surface area contributed by atoms with Gasteiger partial charge in [0.2, 0.25) is 5.91 Å². The first kappa shape index (κ1) is 71.1. The Bertz CT molecular complexity index is 1510. The summed E-state index contributed by atoms with van der Waals surface area (Å²) >= 11 is 0. The summed E-state index contributed by atoms with van der Waals surface area (Å²) in [6.07, 6.45) is 73.4. The minimum atomic E-state index is -1.58. The second kappa shape index (κ2) is 55.4. The number of rotatable bonds is 53. The molecule has 0 aromatic rings. The third-order valence-corrected chi connectivity index (χ3v) is 14.4. The maximum atomic E-state index is 13.1. The zero-order chi connectivity index (χ0) is 55.0. The molecule has 0 saturated carbocycles. The van der Waals surface area contributed by atoms with Crippen LogP contribution in [0.4, 0.5) is 0 Å². The van der Waals surface area contributed by atoms with E-state index in [0.717, 1.165) is 77.0 Å². The number of nitrogens with one attached hydrogen (secondary N) is 1. The minimum absolute atomic E-state index is 0.192. The number of carbonyl (C=O) groups is 1. The van der Waals surface area contributed by atoms with Crippen LogP contribution in [-0.2, 0) is 14.3 Å². The van der Waals surface area contributed by atoms with E-state index in [2.05, 4.69) is 104 Å². The topological polar surface area (TPSA) is 149 Å². The van der Waals surface area contributed by atoms with Gasteiger partial charge >= 0.3 is 0 Å². The summed E-state index contributed by atoms with van der Waals surface area (Å²) in [7, 11) is 0. The van der Waals surface area contributed by atoms with Gasteiger partial charge in [-0.05, 0) is 89.9 Å². The van der Waals surface area contributed by atoms with E-state index in [-0.39, 0.29) is 12.5 Å². The molecule has 0 aromatic carbocycles. The molecule has 438 valence electrons. The lowest BCUT2D eigenvalue weighted by molar-refractivity contribution is -0.302. The van der Waals surface area contributed by atoms with E-state index in [1.807, 2.05) is 6.08 Å². The molecule has 1 aliphatic rings. The Hall–Kier alpha value is -2.89. The molecule has 1 amide bonds. The lowest BCUT2D eigenvalue weighted by Crippen LogP contribution is -2.60. The quantitative estimate of drug-likeness (QED) is 0.0261. The third-order valence-electron chi connectivity index (χ3n) is 14.4. The van der Waals surface area contributed by atoms with Gasteiger partial charge in [-0.2, -0.15) is 0 Å². The van der Waals surface area contributed by atoms with Crippen LogP contribution in [0.2, 0.25) is 0 Å². The van der Waals surface area contributed by atoms with Gasteiger partial charge in [-0.15, -0.1) is 0 Å². The molecule has 1 saturated heterocycles. The van der Waals surface area contributed by atoms with Gasteiger partial charge in [0.15, 0.2) is 6.29 Å². The Morgan fingerprint density at radius 3 is 1.26 bits per heavy atom. The van der Waals surface area contributed by atoms with Crippen LogP contribution in [0.25, 0.3) is 0 Å². The molecule has 1 heterocycles. The largest absolute Gasteiger partial charge is 0.394 e. The van der Waals surface area contributed by atoms with Crippen molar-refractivity contribution in [3.05, 3.63) is 97.2 Å². The fourth-order valence-corrected chi connectivity index (χ4v) is 9.45. The van der Waals surface area contributed by atoms with Crippen LogP contribution in [0, 0.1) is 0 Å². The molecule has 0 radical (unpaired) electrons. The van der Waals surface area contributed by atoms with Crippen LogP contribution in [0.3, 0.4) is 0 Å². The second-order valence-electron chi connectivity index (χ2n) is 21.4. The van der Waals surface area contributed by atoms with E-state index < -0.39 is 49.5 Å². The zero-order valence-electron chi connectivity index (χ0n) is 48.7. The van der Waals surface area contributed by atoms with Crippen LogP contribution in [0.5, 0.6) is 0 Å². The predicted molar refractivity (Wildman–Crippen MR) is 322 cm³/mol.